The van der Waals surface area contributed by atoms with E-state index in [1.807, 2.05) is 0 Å². The molecule has 2 aliphatic heterocycles. The summed E-state index contributed by atoms with van der Waals surface area (Å²) >= 11 is 5.89. The second-order valence-corrected chi connectivity index (χ2v) is 6.69. The number of carbonyl (C=O) groups excluding carboxylic acids is 2. The molecule has 0 aliphatic carbocycles. The van der Waals surface area contributed by atoms with Gasteiger partial charge in [0.1, 0.15) is 17.9 Å². The summed E-state index contributed by atoms with van der Waals surface area (Å²) in [5, 5.41) is 8.35. The van der Waals surface area contributed by atoms with Crippen molar-refractivity contribution in [3.63, 3.8) is 0 Å². The summed E-state index contributed by atoms with van der Waals surface area (Å²) in [6, 6.07) is 10.5. The summed E-state index contributed by atoms with van der Waals surface area (Å²) in [6.07, 6.45) is 0. The lowest BCUT2D eigenvalue weighted by atomic mass is 9.97. The molecular formula is C19H14ClFN4O3. The number of rotatable bonds is 3. The zero-order chi connectivity index (χ0) is 19.8. The fourth-order valence-electron chi connectivity index (χ4n) is 2.96. The van der Waals surface area contributed by atoms with Crippen LogP contribution in [0.4, 0.5) is 4.39 Å². The minimum atomic E-state index is -0.997. The predicted octanol–water partition coefficient (Wildman–Crippen LogP) is 2.62. The Bertz CT molecular complexity index is 1000. The number of aliphatic imine (C=N–C) groups is 1. The van der Waals surface area contributed by atoms with Crippen molar-refractivity contribution in [2.24, 2.45) is 10.1 Å². The molecule has 2 aromatic rings. The molecule has 0 saturated heterocycles. The number of amides is 2. The Kier molecular flexibility index (Phi) is 4.56. The average Bonchev–Trinajstić information content (AvgIpc) is 3.09. The van der Waals surface area contributed by atoms with Crippen LogP contribution in [0.3, 0.4) is 0 Å². The molecule has 4 rings (SSSR count). The molecule has 1 N–H and O–H groups in total. The molecule has 28 heavy (non-hydrogen) atoms. The smallest absolute Gasteiger partial charge is 0.323 e. The maximum absolute atomic E-state index is 13.3. The molecule has 0 saturated carbocycles. The second-order valence-electron chi connectivity index (χ2n) is 6.25. The number of hydrogen-bond donors (Lipinski definition) is 1. The summed E-state index contributed by atoms with van der Waals surface area (Å²) in [5.41, 5.74) is 1.17. The molecule has 2 amide bonds. The van der Waals surface area contributed by atoms with E-state index in [1.165, 1.54) is 31.2 Å². The molecule has 0 unspecified atom stereocenters. The Balaban J connectivity index is 1.72. The quantitative estimate of drug-likeness (QED) is 0.859. The molecule has 2 atom stereocenters. The van der Waals surface area contributed by atoms with Crippen LogP contribution in [-0.2, 0) is 14.3 Å². The summed E-state index contributed by atoms with van der Waals surface area (Å²) in [6.45, 7) is 1.30. The van der Waals surface area contributed by atoms with Crippen molar-refractivity contribution in [1.29, 1.82) is 0 Å². The third kappa shape index (κ3) is 3.34. The number of nitrogens with zero attached hydrogens (tertiary/aromatic N) is 3. The van der Waals surface area contributed by atoms with Crippen molar-refractivity contribution in [2.75, 3.05) is 0 Å². The minimum Gasteiger partial charge on any atom is -0.403 e. The molecule has 0 spiro atoms. The Hall–Kier alpha value is -3.26. The van der Waals surface area contributed by atoms with Crippen molar-refractivity contribution < 1.29 is 18.7 Å². The van der Waals surface area contributed by atoms with Crippen molar-refractivity contribution in [2.45, 2.75) is 19.0 Å². The highest BCUT2D eigenvalue weighted by Crippen LogP contribution is 2.30. The highest BCUT2D eigenvalue weighted by molar-refractivity contribution is 6.30. The van der Waals surface area contributed by atoms with Gasteiger partial charge in [-0.05, 0) is 42.0 Å². The first-order chi connectivity index (χ1) is 13.4. The molecule has 2 aromatic carbocycles. The number of hydrogen-bond acceptors (Lipinski definition) is 5. The first-order valence-corrected chi connectivity index (χ1v) is 8.77. The minimum absolute atomic E-state index is 0.00845. The fourth-order valence-corrected chi connectivity index (χ4v) is 3.09. The maximum atomic E-state index is 13.3. The van der Waals surface area contributed by atoms with E-state index in [0.717, 1.165) is 5.01 Å². The molecule has 0 bridgehead atoms. The van der Waals surface area contributed by atoms with Crippen molar-refractivity contribution in [1.82, 2.24) is 10.3 Å². The van der Waals surface area contributed by atoms with Crippen LogP contribution in [0, 0.1) is 5.82 Å². The first-order valence-electron chi connectivity index (χ1n) is 8.39. The first kappa shape index (κ1) is 18.1. The zero-order valence-electron chi connectivity index (χ0n) is 14.6. The van der Waals surface area contributed by atoms with Gasteiger partial charge >= 0.3 is 6.02 Å². The van der Waals surface area contributed by atoms with Gasteiger partial charge in [-0.15, -0.1) is 10.1 Å². The summed E-state index contributed by atoms with van der Waals surface area (Å²) in [5.74, 6) is -1.13. The highest BCUT2D eigenvalue weighted by atomic mass is 35.5. The van der Waals surface area contributed by atoms with Gasteiger partial charge in [-0.3, -0.25) is 9.59 Å². The Morgan fingerprint density at radius 2 is 1.86 bits per heavy atom. The van der Waals surface area contributed by atoms with Crippen molar-refractivity contribution >= 4 is 35.3 Å². The summed E-state index contributed by atoms with van der Waals surface area (Å²) < 4.78 is 19.0. The van der Waals surface area contributed by atoms with E-state index in [0.29, 0.717) is 16.1 Å². The maximum Gasteiger partial charge on any atom is 0.323 e. The average molecular weight is 401 g/mol. The van der Waals surface area contributed by atoms with E-state index < -0.39 is 29.7 Å². The third-order valence-electron chi connectivity index (χ3n) is 4.26. The van der Waals surface area contributed by atoms with Crippen LogP contribution in [0.15, 0.2) is 58.6 Å². The molecule has 2 heterocycles. The number of halogens is 2. The normalized spacial score (nSPS) is 20.8. The van der Waals surface area contributed by atoms with E-state index in [1.54, 1.807) is 24.3 Å². The van der Waals surface area contributed by atoms with E-state index >= 15 is 0 Å². The van der Waals surface area contributed by atoms with Crippen LogP contribution in [0.1, 0.15) is 24.1 Å². The second kappa shape index (κ2) is 7.05. The van der Waals surface area contributed by atoms with Crippen molar-refractivity contribution in [3.8, 4) is 0 Å². The topological polar surface area (TPSA) is 83.4 Å². The van der Waals surface area contributed by atoms with E-state index in [4.69, 9.17) is 16.3 Å². The Labute approximate surface area is 164 Å². The lowest BCUT2D eigenvalue weighted by Crippen LogP contribution is -2.53. The largest absolute Gasteiger partial charge is 0.403 e. The van der Waals surface area contributed by atoms with Gasteiger partial charge in [0.25, 0.3) is 5.91 Å². The fraction of sp³-hybridized carbons (Fsp3) is 0.158. The highest BCUT2D eigenvalue weighted by Gasteiger charge is 2.44. The van der Waals surface area contributed by atoms with Gasteiger partial charge in [-0.25, -0.2) is 9.38 Å². The Morgan fingerprint density at radius 3 is 2.50 bits per heavy atom. The van der Waals surface area contributed by atoms with Gasteiger partial charge in [-0.2, -0.15) is 0 Å². The third-order valence-corrected chi connectivity index (χ3v) is 4.51. The molecule has 0 fully saturated rings. The molecule has 142 valence electrons. The van der Waals surface area contributed by atoms with Gasteiger partial charge in [-0.1, -0.05) is 23.7 Å². The molecule has 7 nitrogen and oxygen atoms in total. The van der Waals surface area contributed by atoms with Gasteiger partial charge in [0.2, 0.25) is 11.8 Å². The molecule has 0 radical (unpaired) electrons. The molecule has 0 aromatic heterocycles. The van der Waals surface area contributed by atoms with Crippen LogP contribution in [0.25, 0.3) is 0 Å². The SMILES string of the molecule is CC(=O)N[C@@H]1C(=O)N2N=C(c3ccc(Cl)cc3)OC2=N[C@@H]1c1ccc(F)cc1. The van der Waals surface area contributed by atoms with Gasteiger partial charge in [0.05, 0.1) is 0 Å². The monoisotopic (exact) mass is 400 g/mol. The van der Waals surface area contributed by atoms with Gasteiger partial charge in [0, 0.05) is 17.5 Å². The van der Waals surface area contributed by atoms with Crippen LogP contribution in [-0.4, -0.2) is 34.8 Å². The van der Waals surface area contributed by atoms with E-state index in [9.17, 15) is 14.0 Å². The van der Waals surface area contributed by atoms with Crippen LogP contribution in [0.2, 0.25) is 5.02 Å². The number of nitrogens with one attached hydrogen (secondary N) is 1. The molecule has 9 heteroatoms. The standard InChI is InChI=1S/C19H14ClFN4O3/c1-10(26)22-16-15(11-4-8-14(21)9-5-11)23-19-25(18(16)27)24-17(28-19)12-2-6-13(20)7-3-12/h2-9,15-16H,1H3,(H,22,26)/t15-,16+/m1/s1. The summed E-state index contributed by atoms with van der Waals surface area (Å²) in [4.78, 5) is 29.0. The van der Waals surface area contributed by atoms with Crippen molar-refractivity contribution in [3.05, 3.63) is 70.5 Å². The van der Waals surface area contributed by atoms with Crippen LogP contribution in [0.5, 0.6) is 0 Å². The number of hydrazone groups is 1. The number of fused-ring (bicyclic) bond motifs is 1. The molecular weight excluding hydrogens is 387 g/mol. The summed E-state index contributed by atoms with van der Waals surface area (Å²) in [7, 11) is 0. The Morgan fingerprint density at radius 1 is 1.18 bits per heavy atom. The number of benzene rings is 2. The van der Waals surface area contributed by atoms with Gasteiger partial charge in [0.15, 0.2) is 0 Å². The van der Waals surface area contributed by atoms with Crippen LogP contribution >= 0.6 is 11.6 Å². The molecule has 2 aliphatic rings. The predicted molar refractivity (Wildman–Crippen MR) is 100 cm³/mol. The van der Waals surface area contributed by atoms with E-state index in [-0.39, 0.29) is 11.9 Å². The van der Waals surface area contributed by atoms with Gasteiger partial charge < -0.3 is 10.1 Å². The zero-order valence-corrected chi connectivity index (χ0v) is 15.4. The number of amidine groups is 1. The number of carbonyl (C=O) groups is 2. The van der Waals surface area contributed by atoms with E-state index in [2.05, 4.69) is 15.4 Å². The van der Waals surface area contributed by atoms with Crippen LogP contribution < -0.4 is 5.32 Å². The lowest BCUT2D eigenvalue weighted by molar-refractivity contribution is -0.134. The number of ether oxygens (including phenoxy) is 1. The lowest BCUT2D eigenvalue weighted by Gasteiger charge is -2.30.